The lowest BCUT2D eigenvalue weighted by atomic mass is 9.87. The van der Waals surface area contributed by atoms with Crippen LogP contribution in [0.15, 0.2) is 69.9 Å². The van der Waals surface area contributed by atoms with E-state index in [4.69, 9.17) is 9.88 Å². The van der Waals surface area contributed by atoms with Crippen molar-refractivity contribution < 1.29 is 8.95 Å². The first kappa shape index (κ1) is 30.2. The number of rotatable bonds is 11. The van der Waals surface area contributed by atoms with Gasteiger partial charge in [-0.15, -0.1) is 0 Å². The van der Waals surface area contributed by atoms with Crippen LogP contribution in [0.5, 0.6) is 0 Å². The van der Waals surface area contributed by atoms with E-state index >= 15 is 0 Å². The van der Waals surface area contributed by atoms with E-state index < -0.39 is 16.1 Å². The maximum atomic E-state index is 13.3. The van der Waals surface area contributed by atoms with Crippen LogP contribution in [0.2, 0.25) is 0 Å². The summed E-state index contributed by atoms with van der Waals surface area (Å²) >= 11 is 0. The zero-order valence-electron chi connectivity index (χ0n) is 25.1. The van der Waals surface area contributed by atoms with Gasteiger partial charge in [0.25, 0.3) is 0 Å². The molecule has 216 valence electrons. The zero-order valence-corrected chi connectivity index (χ0v) is 26.0. The first-order chi connectivity index (χ1) is 18.9. The molecule has 3 atom stereocenters. The highest BCUT2D eigenvalue weighted by Crippen LogP contribution is 2.40. The molecule has 4 rings (SSSR count). The van der Waals surface area contributed by atoms with E-state index in [0.29, 0.717) is 4.90 Å². The first-order valence-electron chi connectivity index (χ1n) is 14.0. The van der Waals surface area contributed by atoms with Gasteiger partial charge < -0.3 is 19.9 Å². The molecule has 0 bridgehead atoms. The molecule has 1 saturated heterocycles. The van der Waals surface area contributed by atoms with Gasteiger partial charge in [0.1, 0.15) is 9.92 Å². The van der Waals surface area contributed by atoms with Crippen LogP contribution in [0.1, 0.15) is 61.8 Å². The van der Waals surface area contributed by atoms with Gasteiger partial charge in [0.2, 0.25) is 6.23 Å². The lowest BCUT2D eigenvalue weighted by Gasteiger charge is -2.23. The minimum atomic E-state index is -3.09. The summed E-state index contributed by atoms with van der Waals surface area (Å²) in [5.41, 5.74) is 8.41. The number of nitrogens with two attached hydrogens (primary N) is 1. The molecule has 1 aliphatic heterocycles. The molecular formula is C32H45N5O2S. The number of benzene rings is 3. The van der Waals surface area contributed by atoms with Crippen molar-refractivity contribution in [1.29, 1.82) is 0 Å². The maximum Gasteiger partial charge on any atom is 0.205 e. The molecule has 3 aromatic carbocycles. The molecule has 8 heteroatoms. The summed E-state index contributed by atoms with van der Waals surface area (Å²) in [6.07, 6.45) is -0.946. The Kier molecular flexibility index (Phi) is 9.37. The van der Waals surface area contributed by atoms with E-state index in [9.17, 15) is 4.21 Å². The lowest BCUT2D eigenvalue weighted by molar-refractivity contribution is 0.387. The largest absolute Gasteiger partial charge is 0.356 e. The van der Waals surface area contributed by atoms with Crippen molar-refractivity contribution >= 4 is 15.6 Å². The smallest absolute Gasteiger partial charge is 0.205 e. The van der Waals surface area contributed by atoms with Gasteiger partial charge in [-0.2, -0.15) is 4.36 Å². The van der Waals surface area contributed by atoms with Gasteiger partial charge in [0.05, 0.1) is 4.90 Å². The van der Waals surface area contributed by atoms with E-state index in [1.807, 2.05) is 26.2 Å². The van der Waals surface area contributed by atoms with Crippen LogP contribution in [-0.4, -0.2) is 54.7 Å². The number of nitrogens with zero attached hydrogens (tertiary/aromatic N) is 3. The predicted octanol–water partition coefficient (Wildman–Crippen LogP) is 6.22. The van der Waals surface area contributed by atoms with Gasteiger partial charge in [-0.25, -0.2) is 9.35 Å². The second kappa shape index (κ2) is 12.4. The minimum absolute atomic E-state index is 0.287. The first-order valence-corrected chi connectivity index (χ1v) is 15.5. The van der Waals surface area contributed by atoms with Crippen molar-refractivity contribution in [2.45, 2.75) is 70.0 Å². The molecule has 0 aliphatic carbocycles. The van der Waals surface area contributed by atoms with Gasteiger partial charge in [-0.1, -0.05) is 64.1 Å². The van der Waals surface area contributed by atoms with E-state index in [0.717, 1.165) is 24.3 Å². The Labute approximate surface area is 241 Å². The molecule has 0 aromatic heterocycles. The Morgan fingerprint density at radius 1 is 0.900 bits per heavy atom. The number of nitrogens with one attached hydrogen (secondary N) is 1. The average Bonchev–Trinajstić information content (AvgIpc) is 3.59. The minimum Gasteiger partial charge on any atom is -0.356 e. The molecule has 0 amide bonds. The maximum absolute atomic E-state index is 13.3. The van der Waals surface area contributed by atoms with Crippen LogP contribution in [0.4, 0.5) is 5.69 Å². The molecular weight excluding hydrogens is 518 g/mol. The Hall–Kier alpha value is -2.75. The van der Waals surface area contributed by atoms with Crippen molar-refractivity contribution in [2.24, 2.45) is 9.50 Å². The topological polar surface area (TPSA) is 86.5 Å². The third-order valence-electron chi connectivity index (χ3n) is 7.03. The van der Waals surface area contributed by atoms with Crippen LogP contribution in [-0.2, 0) is 27.7 Å². The van der Waals surface area contributed by atoms with E-state index in [1.54, 1.807) is 12.1 Å². The van der Waals surface area contributed by atoms with Crippen molar-refractivity contribution in [1.82, 2.24) is 9.80 Å². The molecule has 3 N–H and O–H groups in total. The lowest BCUT2D eigenvalue weighted by Crippen LogP contribution is -2.17. The Balaban J connectivity index is 1.62. The van der Waals surface area contributed by atoms with Crippen LogP contribution < -0.4 is 10.5 Å². The Morgan fingerprint density at radius 3 is 2.02 bits per heavy atom. The molecule has 1 fully saturated rings. The fourth-order valence-electron chi connectivity index (χ4n) is 5.00. The van der Waals surface area contributed by atoms with Crippen molar-refractivity contribution in [3.05, 3.63) is 82.9 Å². The summed E-state index contributed by atoms with van der Waals surface area (Å²) in [6, 6.07) is 20.7. The van der Waals surface area contributed by atoms with Gasteiger partial charge in [-0.05, 0) is 97.7 Å². The molecule has 1 aliphatic rings. The SMILES string of the molecule is CC(C)c1cc(-c2ccccc2CN(C)C)cc(C(C)C)c1NC1OC1N=S(N)(=O)c1ccc(CN(C)C)cc1. The normalized spacial score (nSPS) is 18.4. The van der Waals surface area contributed by atoms with Crippen molar-refractivity contribution in [3.8, 4) is 11.1 Å². The molecule has 1 heterocycles. The highest BCUT2D eigenvalue weighted by molar-refractivity contribution is 7.91. The number of hydrogen-bond donors (Lipinski definition) is 2. The third-order valence-corrected chi connectivity index (χ3v) is 8.50. The molecule has 0 radical (unpaired) electrons. The van der Waals surface area contributed by atoms with Gasteiger partial charge in [-0.3, -0.25) is 0 Å². The third kappa shape index (κ3) is 7.30. The predicted molar refractivity (Wildman–Crippen MR) is 167 cm³/mol. The second-order valence-electron chi connectivity index (χ2n) is 11.9. The molecule has 40 heavy (non-hydrogen) atoms. The van der Waals surface area contributed by atoms with Crippen molar-refractivity contribution in [2.75, 3.05) is 33.5 Å². The van der Waals surface area contributed by atoms with Crippen molar-refractivity contribution in [3.63, 3.8) is 0 Å². The number of hydrogen-bond acceptors (Lipinski definition) is 6. The standard InChI is InChI=1S/C32H45N5O2S/c1-21(2)28-17-25(27-12-10-9-11-24(27)20-37(7)8)18-29(22(3)4)30(28)34-31-32(39-31)35-40(33,38)26-15-13-23(14-16-26)19-36(5)6/h9-18,21-22,31-32,34H,19-20H2,1-8H3,(H2,33,35,38). The number of anilines is 1. The van der Waals surface area contributed by atoms with Gasteiger partial charge in [0, 0.05) is 18.8 Å². The molecule has 7 nitrogen and oxygen atoms in total. The molecule has 0 saturated carbocycles. The highest BCUT2D eigenvalue weighted by Gasteiger charge is 2.41. The highest BCUT2D eigenvalue weighted by atomic mass is 32.2. The number of ether oxygens (including phenoxy) is 1. The van der Waals surface area contributed by atoms with E-state index in [1.165, 1.54) is 27.8 Å². The average molecular weight is 564 g/mol. The van der Waals surface area contributed by atoms with Gasteiger partial charge in [0.15, 0.2) is 6.23 Å². The summed E-state index contributed by atoms with van der Waals surface area (Å²) in [5, 5.41) is 9.80. The summed E-state index contributed by atoms with van der Waals surface area (Å²) in [7, 11) is 5.14. The van der Waals surface area contributed by atoms with E-state index in [-0.39, 0.29) is 18.1 Å². The summed E-state index contributed by atoms with van der Waals surface area (Å²) in [5.74, 6) is 0.573. The van der Waals surface area contributed by atoms with Crippen LogP contribution in [0, 0.1) is 0 Å². The van der Waals surface area contributed by atoms with E-state index in [2.05, 4.69) is 97.7 Å². The number of epoxide rings is 1. The monoisotopic (exact) mass is 563 g/mol. The van der Waals surface area contributed by atoms with Crippen LogP contribution >= 0.6 is 0 Å². The fraction of sp³-hybridized carbons (Fsp3) is 0.438. The summed E-state index contributed by atoms with van der Waals surface area (Å²) < 4.78 is 23.6. The van der Waals surface area contributed by atoms with Crippen LogP contribution in [0.25, 0.3) is 11.1 Å². The van der Waals surface area contributed by atoms with Gasteiger partial charge >= 0.3 is 0 Å². The Bertz CT molecular complexity index is 1410. The summed E-state index contributed by atoms with van der Waals surface area (Å²) in [4.78, 5) is 4.79. The Morgan fingerprint density at radius 2 is 1.48 bits per heavy atom. The fourth-order valence-corrected chi connectivity index (χ4v) is 6.12. The summed E-state index contributed by atoms with van der Waals surface area (Å²) in [6.45, 7) is 10.5. The van der Waals surface area contributed by atoms with Crippen LogP contribution in [0.3, 0.4) is 0 Å². The second-order valence-corrected chi connectivity index (χ2v) is 13.7. The molecule has 3 unspecified atom stereocenters. The quantitative estimate of drug-likeness (QED) is 0.271. The zero-order chi connectivity index (χ0) is 29.2. The molecule has 0 spiro atoms. The molecule has 3 aromatic rings.